The lowest BCUT2D eigenvalue weighted by Gasteiger charge is -2.18. The molecule has 0 radical (unpaired) electrons. The van der Waals surface area contributed by atoms with Crippen LogP contribution in [0.4, 0.5) is 0 Å². The van der Waals surface area contributed by atoms with Crippen molar-refractivity contribution in [1.82, 2.24) is 10.4 Å². The zero-order chi connectivity index (χ0) is 15.4. The van der Waals surface area contributed by atoms with Crippen molar-refractivity contribution >= 4 is 33.7 Å². The highest BCUT2D eigenvalue weighted by Crippen LogP contribution is 2.52. The average molecular weight is 361 g/mol. The minimum absolute atomic E-state index is 0.138. The topological polar surface area (TPSA) is 66.5 Å². The Kier molecular flexibility index (Phi) is 2.97. The number of hydrazine groups is 1. The van der Waals surface area contributed by atoms with E-state index < -0.39 is 5.91 Å². The molecule has 6 heteroatoms. The van der Waals surface area contributed by atoms with Crippen LogP contribution in [0.3, 0.4) is 0 Å². The molecule has 3 amide bonds. The zero-order valence-corrected chi connectivity index (χ0v) is 13.1. The normalized spacial score (nSPS) is 31.8. The van der Waals surface area contributed by atoms with Crippen molar-refractivity contribution in [2.24, 2.45) is 23.7 Å². The first kappa shape index (κ1) is 13.7. The van der Waals surface area contributed by atoms with Crippen LogP contribution >= 0.6 is 15.9 Å². The van der Waals surface area contributed by atoms with Crippen LogP contribution in [0, 0.1) is 23.7 Å². The summed E-state index contributed by atoms with van der Waals surface area (Å²) in [5, 5.41) is 0.921. The number of carbonyl (C=O) groups excluding carboxylic acids is 3. The molecule has 5 nitrogen and oxygen atoms in total. The Morgan fingerprint density at radius 2 is 1.77 bits per heavy atom. The van der Waals surface area contributed by atoms with Gasteiger partial charge in [-0.1, -0.05) is 34.1 Å². The van der Waals surface area contributed by atoms with Crippen molar-refractivity contribution in [1.29, 1.82) is 0 Å². The monoisotopic (exact) mass is 360 g/mol. The molecule has 3 aliphatic rings. The predicted octanol–water partition coefficient (Wildman–Crippen LogP) is 1.90. The molecule has 2 fully saturated rings. The first-order valence-corrected chi connectivity index (χ1v) is 7.98. The number of halogens is 1. The number of benzene rings is 1. The molecule has 0 aromatic heterocycles. The molecule has 1 N–H and O–H groups in total. The maximum absolute atomic E-state index is 12.5. The Labute approximate surface area is 135 Å². The van der Waals surface area contributed by atoms with Gasteiger partial charge in [0, 0.05) is 10.0 Å². The Balaban J connectivity index is 1.56. The van der Waals surface area contributed by atoms with Crippen molar-refractivity contribution in [3.05, 3.63) is 46.5 Å². The second kappa shape index (κ2) is 4.78. The van der Waals surface area contributed by atoms with Gasteiger partial charge in [-0.3, -0.25) is 19.8 Å². The van der Waals surface area contributed by atoms with Crippen molar-refractivity contribution < 1.29 is 14.4 Å². The summed E-state index contributed by atoms with van der Waals surface area (Å²) >= 11 is 3.29. The predicted molar refractivity (Wildman–Crippen MR) is 81.2 cm³/mol. The van der Waals surface area contributed by atoms with Crippen LogP contribution < -0.4 is 5.43 Å². The van der Waals surface area contributed by atoms with Gasteiger partial charge in [0.25, 0.3) is 17.7 Å². The van der Waals surface area contributed by atoms with Crippen LogP contribution in [-0.4, -0.2) is 22.7 Å². The summed E-state index contributed by atoms with van der Waals surface area (Å²) in [6.45, 7) is 0. The van der Waals surface area contributed by atoms with Gasteiger partial charge < -0.3 is 0 Å². The summed E-state index contributed by atoms with van der Waals surface area (Å²) in [5.41, 5.74) is 2.86. The smallest absolute Gasteiger partial charge is 0.270 e. The Morgan fingerprint density at radius 3 is 2.36 bits per heavy atom. The number of hydrogen-bond acceptors (Lipinski definition) is 3. The summed E-state index contributed by atoms with van der Waals surface area (Å²) in [6, 6.07) is 6.81. The minimum Gasteiger partial charge on any atom is -0.272 e. The third-order valence-corrected chi connectivity index (χ3v) is 5.26. The lowest BCUT2D eigenvalue weighted by molar-refractivity contribution is -0.143. The van der Waals surface area contributed by atoms with Crippen molar-refractivity contribution in [3.63, 3.8) is 0 Å². The molecule has 1 aromatic rings. The van der Waals surface area contributed by atoms with Crippen LogP contribution in [-0.2, 0) is 9.59 Å². The molecular formula is C16H13BrN2O3. The highest BCUT2D eigenvalue weighted by atomic mass is 79.9. The average Bonchev–Trinajstić information content (AvgIpc) is 3.17. The van der Waals surface area contributed by atoms with Gasteiger partial charge in [-0.2, -0.15) is 5.01 Å². The molecule has 2 aliphatic carbocycles. The summed E-state index contributed by atoms with van der Waals surface area (Å²) in [4.78, 5) is 37.2. The number of amides is 3. The van der Waals surface area contributed by atoms with Gasteiger partial charge in [-0.25, -0.2) is 0 Å². The minimum atomic E-state index is -0.455. The Hall–Kier alpha value is -1.95. The fourth-order valence-corrected chi connectivity index (χ4v) is 4.21. The lowest BCUT2D eigenvalue weighted by atomic mass is 9.85. The Bertz CT molecular complexity index is 700. The van der Waals surface area contributed by atoms with Crippen LogP contribution in [0.5, 0.6) is 0 Å². The molecule has 1 aliphatic heterocycles. The molecule has 1 heterocycles. The van der Waals surface area contributed by atoms with E-state index >= 15 is 0 Å². The van der Waals surface area contributed by atoms with E-state index in [1.54, 1.807) is 24.3 Å². The van der Waals surface area contributed by atoms with Gasteiger partial charge in [0.2, 0.25) is 0 Å². The van der Waals surface area contributed by atoms with E-state index in [0.717, 1.165) is 15.9 Å². The van der Waals surface area contributed by atoms with Crippen LogP contribution in [0.2, 0.25) is 0 Å². The number of carbonyl (C=O) groups is 3. The zero-order valence-electron chi connectivity index (χ0n) is 11.5. The van der Waals surface area contributed by atoms with E-state index in [-0.39, 0.29) is 35.5 Å². The van der Waals surface area contributed by atoms with E-state index in [9.17, 15) is 14.4 Å². The summed E-state index contributed by atoms with van der Waals surface area (Å²) < 4.78 is 0.762. The maximum atomic E-state index is 12.5. The standard InChI is InChI=1S/C16H13BrN2O3/c17-11-3-1-2-10(7-11)14(20)18-19-15(21)12-8-4-5-9(6-8)13(12)16(19)22/h1-5,7-9,12-13H,6H2,(H,18,20)/t8-,9+,12+,13-. The number of hydrogen-bond donors (Lipinski definition) is 1. The fourth-order valence-electron chi connectivity index (χ4n) is 3.81. The van der Waals surface area contributed by atoms with Crippen LogP contribution in [0.15, 0.2) is 40.9 Å². The first-order chi connectivity index (χ1) is 10.6. The molecule has 1 saturated heterocycles. The summed E-state index contributed by atoms with van der Waals surface area (Å²) in [6.07, 6.45) is 4.92. The third-order valence-electron chi connectivity index (χ3n) is 4.77. The number of fused-ring (bicyclic) bond motifs is 5. The highest BCUT2D eigenvalue weighted by molar-refractivity contribution is 9.10. The van der Waals surface area contributed by atoms with Crippen molar-refractivity contribution in [2.75, 3.05) is 0 Å². The fraction of sp³-hybridized carbons (Fsp3) is 0.312. The van der Waals surface area contributed by atoms with Gasteiger partial charge in [0.1, 0.15) is 0 Å². The van der Waals surface area contributed by atoms with Gasteiger partial charge in [0.05, 0.1) is 11.8 Å². The van der Waals surface area contributed by atoms with Gasteiger partial charge >= 0.3 is 0 Å². The molecule has 4 atom stereocenters. The molecule has 4 rings (SSSR count). The third kappa shape index (κ3) is 1.86. The van der Waals surface area contributed by atoms with E-state index in [1.807, 2.05) is 12.2 Å². The summed E-state index contributed by atoms with van der Waals surface area (Å²) in [7, 11) is 0. The van der Waals surface area contributed by atoms with Crippen molar-refractivity contribution in [3.8, 4) is 0 Å². The quantitative estimate of drug-likeness (QED) is 0.646. The van der Waals surface area contributed by atoms with Crippen LogP contribution in [0.1, 0.15) is 16.8 Å². The number of allylic oxidation sites excluding steroid dienone is 2. The first-order valence-electron chi connectivity index (χ1n) is 7.19. The molecule has 0 spiro atoms. The highest BCUT2D eigenvalue weighted by Gasteiger charge is 2.59. The molecule has 112 valence electrons. The van der Waals surface area contributed by atoms with E-state index in [0.29, 0.717) is 5.56 Å². The van der Waals surface area contributed by atoms with Crippen LogP contribution in [0.25, 0.3) is 0 Å². The van der Waals surface area contributed by atoms with E-state index in [1.165, 1.54) is 0 Å². The molecule has 22 heavy (non-hydrogen) atoms. The van der Waals surface area contributed by atoms with Crippen molar-refractivity contribution in [2.45, 2.75) is 6.42 Å². The molecule has 2 bridgehead atoms. The molecular weight excluding hydrogens is 348 g/mol. The number of rotatable bonds is 2. The SMILES string of the molecule is O=C(NN1C(=O)[C@@H]2[C@H](C1=O)[C@H]1C=C[C@@H]2C1)c1cccc(Br)c1. The van der Waals surface area contributed by atoms with E-state index in [2.05, 4.69) is 21.4 Å². The summed E-state index contributed by atoms with van der Waals surface area (Å²) in [5.74, 6) is -1.34. The molecule has 1 saturated carbocycles. The Morgan fingerprint density at radius 1 is 1.14 bits per heavy atom. The van der Waals surface area contributed by atoms with Gasteiger partial charge in [-0.15, -0.1) is 0 Å². The number of nitrogens with one attached hydrogen (secondary N) is 1. The maximum Gasteiger partial charge on any atom is 0.270 e. The number of imide groups is 1. The second-order valence-corrected chi connectivity index (χ2v) is 6.88. The van der Waals surface area contributed by atoms with Gasteiger partial charge in [-0.05, 0) is 36.5 Å². The number of nitrogens with zero attached hydrogens (tertiary/aromatic N) is 1. The molecule has 1 aromatic carbocycles. The largest absolute Gasteiger partial charge is 0.272 e. The second-order valence-electron chi connectivity index (χ2n) is 5.96. The molecule has 0 unspecified atom stereocenters. The lowest BCUT2D eigenvalue weighted by Crippen LogP contribution is -2.47. The van der Waals surface area contributed by atoms with Gasteiger partial charge in [0.15, 0.2) is 0 Å². The van der Waals surface area contributed by atoms with E-state index in [4.69, 9.17) is 0 Å².